The van der Waals surface area contributed by atoms with E-state index in [1.807, 2.05) is 20.8 Å². The molecule has 7 nitrogen and oxygen atoms in total. The van der Waals surface area contributed by atoms with Gasteiger partial charge in [0, 0.05) is 13.1 Å². The first-order valence-electron chi connectivity index (χ1n) is 7.47. The highest BCUT2D eigenvalue weighted by molar-refractivity contribution is 5.60. The Morgan fingerprint density at radius 2 is 1.90 bits per heavy atom. The van der Waals surface area contributed by atoms with Gasteiger partial charge in [-0.2, -0.15) is 0 Å². The molecule has 0 aromatic carbocycles. The van der Waals surface area contributed by atoms with Crippen molar-refractivity contribution >= 4 is 11.5 Å². The standard InChI is InChI=1S/C14H26N4O3/c1-4-7-8-18-11(15)10(12(19)17-13(18)20)16-9-14(21,5-2)6-3/h16,21H,4-9,15H2,1-3H3,(H,17,19,20). The number of anilines is 2. The van der Waals surface area contributed by atoms with Gasteiger partial charge in [-0.05, 0) is 19.3 Å². The largest absolute Gasteiger partial charge is 0.388 e. The van der Waals surface area contributed by atoms with Crippen LogP contribution in [0.1, 0.15) is 46.5 Å². The van der Waals surface area contributed by atoms with Crippen LogP contribution in [0.2, 0.25) is 0 Å². The Morgan fingerprint density at radius 3 is 2.43 bits per heavy atom. The van der Waals surface area contributed by atoms with Crippen LogP contribution in [0.4, 0.5) is 11.5 Å². The fourth-order valence-electron chi connectivity index (χ4n) is 2.05. The molecule has 120 valence electrons. The van der Waals surface area contributed by atoms with Crippen LogP contribution in [0, 0.1) is 0 Å². The number of nitrogen functional groups attached to an aromatic ring is 1. The van der Waals surface area contributed by atoms with Crippen LogP contribution < -0.4 is 22.3 Å². The van der Waals surface area contributed by atoms with Crippen LogP contribution in [0.5, 0.6) is 0 Å². The summed E-state index contributed by atoms with van der Waals surface area (Å²) >= 11 is 0. The maximum absolute atomic E-state index is 11.9. The summed E-state index contributed by atoms with van der Waals surface area (Å²) in [6.07, 6.45) is 2.83. The molecule has 1 heterocycles. The smallest absolute Gasteiger partial charge is 0.330 e. The van der Waals surface area contributed by atoms with Crippen LogP contribution in [-0.2, 0) is 6.54 Å². The first kappa shape index (κ1) is 17.3. The fraction of sp³-hybridized carbons (Fsp3) is 0.714. The molecular formula is C14H26N4O3. The van der Waals surface area contributed by atoms with E-state index in [0.29, 0.717) is 19.4 Å². The number of aliphatic hydroxyl groups is 1. The molecule has 0 amide bonds. The van der Waals surface area contributed by atoms with Gasteiger partial charge in [0.25, 0.3) is 5.56 Å². The van der Waals surface area contributed by atoms with Gasteiger partial charge in [-0.15, -0.1) is 0 Å². The summed E-state index contributed by atoms with van der Waals surface area (Å²) in [5.41, 5.74) is 4.12. The zero-order chi connectivity index (χ0) is 16.0. The molecule has 0 radical (unpaired) electrons. The predicted octanol–water partition coefficient (Wildman–Crippen LogP) is 0.882. The van der Waals surface area contributed by atoms with E-state index in [2.05, 4.69) is 10.3 Å². The molecule has 7 heteroatoms. The third kappa shape index (κ3) is 4.10. The topological polar surface area (TPSA) is 113 Å². The molecule has 0 saturated carbocycles. The lowest BCUT2D eigenvalue weighted by atomic mass is 9.97. The van der Waals surface area contributed by atoms with Gasteiger partial charge in [-0.25, -0.2) is 4.79 Å². The summed E-state index contributed by atoms with van der Waals surface area (Å²) in [6.45, 7) is 6.42. The number of hydrogen-bond donors (Lipinski definition) is 4. The number of H-pyrrole nitrogens is 1. The monoisotopic (exact) mass is 298 g/mol. The molecule has 0 aliphatic carbocycles. The van der Waals surface area contributed by atoms with Crippen molar-refractivity contribution in [3.05, 3.63) is 20.8 Å². The van der Waals surface area contributed by atoms with Crippen LogP contribution in [0.3, 0.4) is 0 Å². The molecule has 0 bridgehead atoms. The number of nitrogens with zero attached hydrogens (tertiary/aromatic N) is 1. The quantitative estimate of drug-likeness (QED) is 0.569. The fourth-order valence-corrected chi connectivity index (χ4v) is 2.05. The van der Waals surface area contributed by atoms with E-state index in [0.717, 1.165) is 12.8 Å². The van der Waals surface area contributed by atoms with Gasteiger partial charge in [-0.3, -0.25) is 14.3 Å². The third-order valence-electron chi connectivity index (χ3n) is 3.89. The number of rotatable bonds is 8. The maximum Gasteiger partial charge on any atom is 0.330 e. The molecule has 0 aliphatic rings. The van der Waals surface area contributed by atoms with Crippen molar-refractivity contribution in [2.75, 3.05) is 17.6 Å². The van der Waals surface area contributed by atoms with Crippen molar-refractivity contribution in [3.63, 3.8) is 0 Å². The molecule has 0 fully saturated rings. The third-order valence-corrected chi connectivity index (χ3v) is 3.89. The van der Waals surface area contributed by atoms with E-state index < -0.39 is 16.9 Å². The van der Waals surface area contributed by atoms with Gasteiger partial charge < -0.3 is 16.2 Å². The Bertz CT molecular complexity index is 573. The van der Waals surface area contributed by atoms with Crippen molar-refractivity contribution in [1.29, 1.82) is 0 Å². The number of unbranched alkanes of at least 4 members (excludes halogenated alkanes) is 1. The van der Waals surface area contributed by atoms with Gasteiger partial charge in [0.05, 0.1) is 5.60 Å². The molecule has 0 aliphatic heterocycles. The first-order chi connectivity index (χ1) is 9.88. The average Bonchev–Trinajstić information content (AvgIpc) is 2.46. The van der Waals surface area contributed by atoms with Crippen molar-refractivity contribution in [1.82, 2.24) is 9.55 Å². The maximum atomic E-state index is 11.9. The highest BCUT2D eigenvalue weighted by Gasteiger charge is 2.23. The number of aromatic amines is 1. The van der Waals surface area contributed by atoms with E-state index in [1.165, 1.54) is 4.57 Å². The van der Waals surface area contributed by atoms with Crippen LogP contribution in [0.15, 0.2) is 9.59 Å². The lowest BCUT2D eigenvalue weighted by Gasteiger charge is -2.26. The zero-order valence-corrected chi connectivity index (χ0v) is 13.0. The van der Waals surface area contributed by atoms with Gasteiger partial charge >= 0.3 is 5.69 Å². The van der Waals surface area contributed by atoms with E-state index in [4.69, 9.17) is 5.73 Å². The molecule has 0 unspecified atom stereocenters. The number of nitrogens with one attached hydrogen (secondary N) is 2. The van der Waals surface area contributed by atoms with E-state index >= 15 is 0 Å². The zero-order valence-electron chi connectivity index (χ0n) is 13.0. The molecule has 1 rings (SSSR count). The van der Waals surface area contributed by atoms with Crippen molar-refractivity contribution in [3.8, 4) is 0 Å². The van der Waals surface area contributed by atoms with Crippen molar-refractivity contribution in [2.24, 2.45) is 0 Å². The number of nitrogens with two attached hydrogens (primary N) is 1. The SMILES string of the molecule is CCCCn1c(N)c(NCC(O)(CC)CC)c(=O)[nH]c1=O. The lowest BCUT2D eigenvalue weighted by molar-refractivity contribution is 0.0457. The predicted molar refractivity (Wildman–Crippen MR) is 84.7 cm³/mol. The molecule has 0 spiro atoms. The second-order valence-electron chi connectivity index (χ2n) is 5.31. The number of aromatic nitrogens is 2. The Hall–Kier alpha value is -1.76. The van der Waals surface area contributed by atoms with Gasteiger partial charge in [0.1, 0.15) is 11.5 Å². The molecule has 1 aromatic heterocycles. The second-order valence-corrected chi connectivity index (χ2v) is 5.31. The Balaban J connectivity index is 3.07. The highest BCUT2D eigenvalue weighted by atomic mass is 16.3. The van der Waals surface area contributed by atoms with Crippen molar-refractivity contribution in [2.45, 2.75) is 58.6 Å². The van der Waals surface area contributed by atoms with Gasteiger partial charge in [0.2, 0.25) is 0 Å². The Morgan fingerprint density at radius 1 is 1.29 bits per heavy atom. The van der Waals surface area contributed by atoms with Crippen LogP contribution in [0.25, 0.3) is 0 Å². The minimum Gasteiger partial charge on any atom is -0.388 e. The first-order valence-corrected chi connectivity index (χ1v) is 7.47. The number of hydrogen-bond acceptors (Lipinski definition) is 5. The summed E-state index contributed by atoms with van der Waals surface area (Å²) < 4.78 is 1.35. The highest BCUT2D eigenvalue weighted by Crippen LogP contribution is 2.17. The van der Waals surface area contributed by atoms with Gasteiger partial charge in [-0.1, -0.05) is 27.2 Å². The summed E-state index contributed by atoms with van der Waals surface area (Å²) in [6, 6.07) is 0. The minimum absolute atomic E-state index is 0.117. The van der Waals surface area contributed by atoms with Gasteiger partial charge in [0.15, 0.2) is 0 Å². The summed E-state index contributed by atoms with van der Waals surface area (Å²) in [4.78, 5) is 25.9. The lowest BCUT2D eigenvalue weighted by Crippen LogP contribution is -2.39. The normalized spacial score (nSPS) is 11.6. The van der Waals surface area contributed by atoms with Crippen LogP contribution in [-0.4, -0.2) is 26.8 Å². The molecule has 0 atom stereocenters. The minimum atomic E-state index is -0.900. The summed E-state index contributed by atoms with van der Waals surface area (Å²) in [5.74, 6) is 0.117. The van der Waals surface area contributed by atoms with E-state index in [1.54, 1.807) is 0 Å². The molecular weight excluding hydrogens is 272 g/mol. The Kier molecular flexibility index (Phi) is 6.02. The molecule has 5 N–H and O–H groups in total. The molecule has 1 aromatic rings. The van der Waals surface area contributed by atoms with E-state index in [-0.39, 0.29) is 18.1 Å². The average molecular weight is 298 g/mol. The molecule has 21 heavy (non-hydrogen) atoms. The second kappa shape index (κ2) is 7.31. The molecule has 0 saturated heterocycles. The van der Waals surface area contributed by atoms with Crippen LogP contribution >= 0.6 is 0 Å². The van der Waals surface area contributed by atoms with Crippen molar-refractivity contribution < 1.29 is 5.11 Å². The Labute approximate surface area is 124 Å². The van der Waals surface area contributed by atoms with E-state index in [9.17, 15) is 14.7 Å². The summed E-state index contributed by atoms with van der Waals surface area (Å²) in [5, 5.41) is 13.1. The summed E-state index contributed by atoms with van der Waals surface area (Å²) in [7, 11) is 0.